The number of carboxylic acids is 2. The van der Waals surface area contributed by atoms with E-state index in [0.29, 0.717) is 11.5 Å². The van der Waals surface area contributed by atoms with E-state index in [-0.39, 0.29) is 0 Å². The van der Waals surface area contributed by atoms with Gasteiger partial charge in [-0.15, -0.1) is 0 Å². The van der Waals surface area contributed by atoms with Crippen LogP contribution in [0.4, 0.5) is 0 Å². The molecular weight excluding hydrogens is 340 g/mol. The summed E-state index contributed by atoms with van der Waals surface area (Å²) in [5, 5.41) is 17.0. The SMILES string of the molecule is CCCCC(C)CCC=C(C)C(=O)O.CCCCC(C)CCC=CC(=O)O. The van der Waals surface area contributed by atoms with Crippen molar-refractivity contribution in [2.75, 3.05) is 0 Å². The highest BCUT2D eigenvalue weighted by atomic mass is 16.4. The lowest BCUT2D eigenvalue weighted by atomic mass is 9.98. The Hall–Kier alpha value is -1.58. The van der Waals surface area contributed by atoms with Crippen molar-refractivity contribution in [3.63, 3.8) is 0 Å². The summed E-state index contributed by atoms with van der Waals surface area (Å²) in [5.74, 6) is -0.210. The van der Waals surface area contributed by atoms with Gasteiger partial charge in [-0.3, -0.25) is 0 Å². The van der Waals surface area contributed by atoms with Gasteiger partial charge in [0.25, 0.3) is 0 Å². The third kappa shape index (κ3) is 22.4. The Morgan fingerprint density at radius 1 is 0.852 bits per heavy atom. The van der Waals surface area contributed by atoms with Crippen LogP contribution in [0.5, 0.6) is 0 Å². The number of allylic oxidation sites excluding steroid dienone is 2. The third-order valence-electron chi connectivity index (χ3n) is 4.63. The van der Waals surface area contributed by atoms with Crippen molar-refractivity contribution in [2.45, 2.75) is 98.8 Å². The highest BCUT2D eigenvalue weighted by molar-refractivity contribution is 5.85. The first-order chi connectivity index (χ1) is 12.7. The molecule has 0 aliphatic carbocycles. The Morgan fingerprint density at radius 3 is 1.74 bits per heavy atom. The molecule has 2 N–H and O–H groups in total. The first kappa shape index (κ1) is 27.6. The van der Waals surface area contributed by atoms with Crippen LogP contribution < -0.4 is 0 Å². The van der Waals surface area contributed by atoms with Crippen molar-refractivity contribution < 1.29 is 19.8 Å². The summed E-state index contributed by atoms with van der Waals surface area (Å²) < 4.78 is 0. The molecule has 4 heteroatoms. The molecule has 0 aliphatic heterocycles. The monoisotopic (exact) mass is 382 g/mol. The lowest BCUT2D eigenvalue weighted by molar-refractivity contribution is -0.133. The summed E-state index contributed by atoms with van der Waals surface area (Å²) in [5.41, 5.74) is 0.465. The van der Waals surface area contributed by atoms with Crippen LogP contribution >= 0.6 is 0 Å². The zero-order valence-corrected chi connectivity index (χ0v) is 18.2. The van der Waals surface area contributed by atoms with Crippen LogP contribution in [0.15, 0.2) is 23.8 Å². The quantitative estimate of drug-likeness (QED) is 0.322. The van der Waals surface area contributed by atoms with Crippen LogP contribution in [0.25, 0.3) is 0 Å². The molecule has 0 spiro atoms. The second kappa shape index (κ2) is 19.2. The average molecular weight is 383 g/mol. The van der Waals surface area contributed by atoms with Crippen molar-refractivity contribution in [3.8, 4) is 0 Å². The number of rotatable bonds is 14. The van der Waals surface area contributed by atoms with Crippen LogP contribution in [-0.4, -0.2) is 22.2 Å². The molecule has 0 fully saturated rings. The molecule has 0 amide bonds. The summed E-state index contributed by atoms with van der Waals surface area (Å²) in [6.45, 7) is 10.5. The van der Waals surface area contributed by atoms with E-state index in [1.165, 1.54) is 44.6 Å². The summed E-state index contributed by atoms with van der Waals surface area (Å²) in [6.07, 6.45) is 16.3. The topological polar surface area (TPSA) is 74.6 Å². The largest absolute Gasteiger partial charge is 0.478 e. The van der Waals surface area contributed by atoms with Crippen molar-refractivity contribution >= 4 is 11.9 Å². The lowest BCUT2D eigenvalue weighted by Gasteiger charge is -2.08. The van der Waals surface area contributed by atoms with Gasteiger partial charge in [0.1, 0.15) is 0 Å². The number of carboxylic acid groups (broad SMARTS) is 2. The van der Waals surface area contributed by atoms with Crippen LogP contribution in [0.2, 0.25) is 0 Å². The Balaban J connectivity index is 0. The van der Waals surface area contributed by atoms with E-state index in [1.807, 2.05) is 6.08 Å². The molecule has 0 aromatic rings. The van der Waals surface area contributed by atoms with E-state index >= 15 is 0 Å². The summed E-state index contributed by atoms with van der Waals surface area (Å²) >= 11 is 0. The molecule has 0 aromatic heterocycles. The molecular formula is C23H42O4. The Kier molecular flexibility index (Phi) is 19.6. The molecule has 158 valence electrons. The summed E-state index contributed by atoms with van der Waals surface area (Å²) in [6, 6.07) is 0. The van der Waals surface area contributed by atoms with Crippen LogP contribution in [-0.2, 0) is 9.59 Å². The normalized spacial score (nSPS) is 13.7. The maximum Gasteiger partial charge on any atom is 0.330 e. The van der Waals surface area contributed by atoms with Crippen LogP contribution in [0, 0.1) is 11.8 Å². The fourth-order valence-corrected chi connectivity index (χ4v) is 2.63. The van der Waals surface area contributed by atoms with Crippen LogP contribution in [0.1, 0.15) is 98.8 Å². The van der Waals surface area contributed by atoms with Gasteiger partial charge in [-0.1, -0.05) is 78.4 Å². The summed E-state index contributed by atoms with van der Waals surface area (Å²) in [7, 11) is 0. The molecule has 0 heterocycles. The van der Waals surface area contributed by atoms with E-state index in [1.54, 1.807) is 13.0 Å². The van der Waals surface area contributed by atoms with Gasteiger partial charge in [0.05, 0.1) is 0 Å². The number of unbranched alkanes of at least 4 members (excludes halogenated alkanes) is 2. The molecule has 0 aliphatic rings. The molecule has 2 unspecified atom stereocenters. The fourth-order valence-electron chi connectivity index (χ4n) is 2.63. The molecule has 27 heavy (non-hydrogen) atoms. The zero-order valence-electron chi connectivity index (χ0n) is 18.2. The maximum absolute atomic E-state index is 10.5. The van der Waals surface area contributed by atoms with Gasteiger partial charge in [0.2, 0.25) is 0 Å². The molecule has 0 aromatic carbocycles. The molecule has 0 bridgehead atoms. The molecule has 2 atom stereocenters. The van der Waals surface area contributed by atoms with Crippen molar-refractivity contribution in [3.05, 3.63) is 23.8 Å². The van der Waals surface area contributed by atoms with Gasteiger partial charge < -0.3 is 10.2 Å². The van der Waals surface area contributed by atoms with Gasteiger partial charge >= 0.3 is 11.9 Å². The van der Waals surface area contributed by atoms with Gasteiger partial charge in [0, 0.05) is 11.6 Å². The maximum atomic E-state index is 10.5. The van der Waals surface area contributed by atoms with Gasteiger partial charge in [-0.05, 0) is 44.4 Å². The first-order valence-corrected chi connectivity index (χ1v) is 10.5. The van der Waals surface area contributed by atoms with E-state index in [4.69, 9.17) is 10.2 Å². The predicted molar refractivity (Wildman–Crippen MR) is 114 cm³/mol. The zero-order chi connectivity index (χ0) is 21.1. The number of aliphatic carboxylic acids is 2. The van der Waals surface area contributed by atoms with Crippen molar-refractivity contribution in [2.24, 2.45) is 11.8 Å². The third-order valence-corrected chi connectivity index (χ3v) is 4.63. The number of hydrogen-bond donors (Lipinski definition) is 2. The van der Waals surface area contributed by atoms with Crippen LogP contribution in [0.3, 0.4) is 0 Å². The minimum atomic E-state index is -0.846. The standard InChI is InChI=1S/C12H22O2.C11H20O2/c1-4-5-7-10(2)8-6-9-11(3)12(13)14;1-3-4-7-10(2)8-5-6-9-11(12)13/h9-10H,4-8H2,1-3H3,(H,13,14);6,9-10H,3-5,7-8H2,1-2H3,(H,12,13). The fraction of sp³-hybridized carbons (Fsp3) is 0.739. The van der Waals surface area contributed by atoms with Crippen molar-refractivity contribution in [1.82, 2.24) is 0 Å². The highest BCUT2D eigenvalue weighted by Crippen LogP contribution is 2.15. The van der Waals surface area contributed by atoms with Crippen molar-refractivity contribution in [1.29, 1.82) is 0 Å². The second-order valence-corrected chi connectivity index (χ2v) is 7.58. The molecule has 0 saturated heterocycles. The Labute approximate surface area is 166 Å². The second-order valence-electron chi connectivity index (χ2n) is 7.58. The Bertz CT molecular complexity index is 438. The number of carbonyl (C=O) groups is 2. The minimum absolute atomic E-state index is 0.465. The smallest absolute Gasteiger partial charge is 0.330 e. The van der Waals surface area contributed by atoms with E-state index in [9.17, 15) is 9.59 Å². The van der Waals surface area contributed by atoms with E-state index < -0.39 is 11.9 Å². The lowest BCUT2D eigenvalue weighted by Crippen LogP contribution is -1.97. The van der Waals surface area contributed by atoms with Gasteiger partial charge in [-0.25, -0.2) is 9.59 Å². The van der Waals surface area contributed by atoms with Gasteiger partial charge in [0.15, 0.2) is 0 Å². The highest BCUT2D eigenvalue weighted by Gasteiger charge is 2.02. The minimum Gasteiger partial charge on any atom is -0.478 e. The molecule has 0 rings (SSSR count). The average Bonchev–Trinajstić information content (AvgIpc) is 2.62. The number of hydrogen-bond acceptors (Lipinski definition) is 2. The molecule has 4 nitrogen and oxygen atoms in total. The molecule has 0 radical (unpaired) electrons. The Morgan fingerprint density at radius 2 is 1.33 bits per heavy atom. The summed E-state index contributed by atoms with van der Waals surface area (Å²) in [4.78, 5) is 20.6. The molecule has 0 saturated carbocycles. The van der Waals surface area contributed by atoms with E-state index in [2.05, 4.69) is 27.7 Å². The predicted octanol–water partition coefficient (Wildman–Crippen LogP) is 6.86. The van der Waals surface area contributed by atoms with E-state index in [0.717, 1.165) is 31.6 Å². The van der Waals surface area contributed by atoms with Gasteiger partial charge in [-0.2, -0.15) is 0 Å². The first-order valence-electron chi connectivity index (χ1n) is 10.5.